The Morgan fingerprint density at radius 2 is 2.04 bits per heavy atom. The Morgan fingerprint density at radius 3 is 2.69 bits per heavy atom. The monoisotopic (exact) mass is 357 g/mol. The van der Waals surface area contributed by atoms with Crippen molar-refractivity contribution in [2.24, 2.45) is 0 Å². The van der Waals surface area contributed by atoms with Crippen molar-refractivity contribution >= 4 is 17.9 Å². The van der Waals surface area contributed by atoms with E-state index in [1.807, 2.05) is 6.08 Å². The third-order valence-corrected chi connectivity index (χ3v) is 4.21. The van der Waals surface area contributed by atoms with Gasteiger partial charge in [-0.1, -0.05) is 6.08 Å². The van der Waals surface area contributed by atoms with Crippen LogP contribution in [0.4, 0.5) is 9.59 Å². The number of nitrogens with one attached hydrogen (secondary N) is 1. The van der Waals surface area contributed by atoms with Gasteiger partial charge in [-0.25, -0.2) is 9.59 Å². The van der Waals surface area contributed by atoms with Crippen molar-refractivity contribution < 1.29 is 19.1 Å². The van der Waals surface area contributed by atoms with Crippen molar-refractivity contribution in [3.63, 3.8) is 0 Å². The van der Waals surface area contributed by atoms with Crippen LogP contribution in [0.3, 0.4) is 0 Å². The zero-order valence-electron chi connectivity index (χ0n) is 15.4. The van der Waals surface area contributed by atoms with Crippen LogP contribution in [0.1, 0.15) is 45.9 Å². The van der Waals surface area contributed by atoms with E-state index in [0.717, 1.165) is 6.42 Å². The molecule has 0 fully saturated rings. The second kappa shape index (κ2) is 6.48. The van der Waals surface area contributed by atoms with Crippen molar-refractivity contribution in [1.82, 2.24) is 14.8 Å². The van der Waals surface area contributed by atoms with Gasteiger partial charge in [0.15, 0.2) is 5.78 Å². The van der Waals surface area contributed by atoms with Crippen LogP contribution in [-0.2, 0) is 9.53 Å². The second-order valence-corrected chi connectivity index (χ2v) is 7.36. The number of urea groups is 1. The standard InChI is InChI=1S/C19H23N3O4/c1-12(23)15-13-8-5-6-10-21(13)17(24)20-16(15)14-9-7-11-22(14)18(25)26-19(2,3)4/h5,7-9,11,16H,6,10H2,1-4H3,(H,20,24). The van der Waals surface area contributed by atoms with Gasteiger partial charge in [0.05, 0.1) is 11.4 Å². The summed E-state index contributed by atoms with van der Waals surface area (Å²) in [7, 11) is 0. The molecule has 0 aliphatic carbocycles. The lowest BCUT2D eigenvalue weighted by Crippen LogP contribution is -2.49. The molecule has 7 nitrogen and oxygen atoms in total. The lowest BCUT2D eigenvalue weighted by molar-refractivity contribution is -0.114. The first-order valence-corrected chi connectivity index (χ1v) is 8.59. The molecule has 138 valence electrons. The number of Topliss-reactive ketones (excluding diaryl/α,β-unsaturated/α-hetero) is 1. The van der Waals surface area contributed by atoms with E-state index in [1.54, 1.807) is 50.1 Å². The molecule has 2 aliphatic rings. The van der Waals surface area contributed by atoms with Crippen LogP contribution in [0.5, 0.6) is 0 Å². The van der Waals surface area contributed by atoms with Crippen molar-refractivity contribution in [3.8, 4) is 0 Å². The maximum atomic E-state index is 12.5. The Labute approximate surface area is 152 Å². The quantitative estimate of drug-likeness (QED) is 0.882. The molecule has 1 N–H and O–H groups in total. The molecule has 3 rings (SSSR count). The van der Waals surface area contributed by atoms with Crippen LogP contribution in [0.15, 0.2) is 41.8 Å². The summed E-state index contributed by atoms with van der Waals surface area (Å²) in [6.07, 6.45) is 5.49. The number of aromatic nitrogens is 1. The molecule has 2 aliphatic heterocycles. The SMILES string of the molecule is CC(=O)C1=C2C=CCCN2C(=O)NC1c1cccn1C(=O)OC(C)(C)C. The molecule has 2 amide bonds. The lowest BCUT2D eigenvalue weighted by atomic mass is 9.93. The van der Waals surface area contributed by atoms with E-state index in [4.69, 9.17) is 4.74 Å². The van der Waals surface area contributed by atoms with Crippen LogP contribution in [0.25, 0.3) is 0 Å². The molecule has 26 heavy (non-hydrogen) atoms. The van der Waals surface area contributed by atoms with E-state index < -0.39 is 17.7 Å². The maximum absolute atomic E-state index is 12.5. The number of ketones is 1. The van der Waals surface area contributed by atoms with E-state index in [1.165, 1.54) is 11.5 Å². The van der Waals surface area contributed by atoms with E-state index in [2.05, 4.69) is 5.32 Å². The second-order valence-electron chi connectivity index (χ2n) is 7.36. The zero-order valence-corrected chi connectivity index (χ0v) is 15.4. The zero-order chi connectivity index (χ0) is 19.1. The third kappa shape index (κ3) is 3.29. The fourth-order valence-corrected chi connectivity index (χ4v) is 3.19. The average Bonchev–Trinajstić information content (AvgIpc) is 3.02. The number of nitrogens with zero attached hydrogens (tertiary/aromatic N) is 2. The fraction of sp³-hybridized carbons (Fsp3) is 0.421. The Balaban J connectivity index is 2.07. The first-order chi connectivity index (χ1) is 12.2. The molecule has 1 unspecified atom stereocenters. The third-order valence-electron chi connectivity index (χ3n) is 4.21. The molecule has 0 spiro atoms. The summed E-state index contributed by atoms with van der Waals surface area (Å²) in [6.45, 7) is 7.33. The Bertz CT molecular complexity index is 826. The van der Waals surface area contributed by atoms with Crippen molar-refractivity contribution in [3.05, 3.63) is 47.4 Å². The number of amides is 2. The van der Waals surface area contributed by atoms with Gasteiger partial charge in [0, 0.05) is 18.3 Å². The van der Waals surface area contributed by atoms with Gasteiger partial charge in [-0.15, -0.1) is 0 Å². The van der Waals surface area contributed by atoms with Crippen molar-refractivity contribution in [2.75, 3.05) is 6.54 Å². The van der Waals surface area contributed by atoms with Gasteiger partial charge < -0.3 is 10.1 Å². The molecule has 1 aromatic heterocycles. The summed E-state index contributed by atoms with van der Waals surface area (Å²) in [5.74, 6) is -0.154. The minimum atomic E-state index is -0.712. The highest BCUT2D eigenvalue weighted by atomic mass is 16.6. The largest absolute Gasteiger partial charge is 0.443 e. The van der Waals surface area contributed by atoms with Crippen molar-refractivity contribution in [2.45, 2.75) is 45.8 Å². The van der Waals surface area contributed by atoms with Gasteiger partial charge in [0.25, 0.3) is 0 Å². The minimum absolute atomic E-state index is 0.154. The molecule has 3 heterocycles. The van der Waals surface area contributed by atoms with Gasteiger partial charge in [0.2, 0.25) is 0 Å². The van der Waals surface area contributed by atoms with E-state index >= 15 is 0 Å². The summed E-state index contributed by atoms with van der Waals surface area (Å²) < 4.78 is 6.76. The predicted octanol–water partition coefficient (Wildman–Crippen LogP) is 3.14. The first-order valence-electron chi connectivity index (χ1n) is 8.59. The van der Waals surface area contributed by atoms with Crippen LogP contribution in [0.2, 0.25) is 0 Å². The summed E-state index contributed by atoms with van der Waals surface area (Å²) in [6, 6.07) is 2.41. The summed E-state index contributed by atoms with van der Waals surface area (Å²) in [5.41, 5.74) is 0.890. The van der Waals surface area contributed by atoms with Gasteiger partial charge in [-0.05, 0) is 52.3 Å². The van der Waals surface area contributed by atoms with Crippen molar-refractivity contribution in [1.29, 1.82) is 0 Å². The number of carbonyl (C=O) groups is 3. The summed E-state index contributed by atoms with van der Waals surface area (Å²) in [5, 5.41) is 2.85. The van der Waals surface area contributed by atoms with Crippen LogP contribution < -0.4 is 5.32 Å². The van der Waals surface area contributed by atoms with E-state index in [-0.39, 0.29) is 11.8 Å². The first kappa shape index (κ1) is 18.0. The van der Waals surface area contributed by atoms with Crippen LogP contribution >= 0.6 is 0 Å². The number of carbonyl (C=O) groups excluding carboxylic acids is 3. The normalized spacial score (nSPS) is 19.9. The average molecular weight is 357 g/mol. The highest BCUT2D eigenvalue weighted by Crippen LogP contribution is 2.33. The Hall–Kier alpha value is -2.83. The molecule has 0 saturated heterocycles. The molecule has 1 atom stereocenters. The highest BCUT2D eigenvalue weighted by molar-refractivity contribution is 5.99. The molecule has 7 heteroatoms. The van der Waals surface area contributed by atoms with Crippen LogP contribution in [0, 0.1) is 0 Å². The minimum Gasteiger partial charge on any atom is -0.443 e. The number of allylic oxidation sites excluding steroid dienone is 1. The topological polar surface area (TPSA) is 80.6 Å². The highest BCUT2D eigenvalue weighted by Gasteiger charge is 2.37. The van der Waals surface area contributed by atoms with Gasteiger partial charge in [-0.3, -0.25) is 14.3 Å². The Kier molecular flexibility index (Phi) is 4.48. The fourth-order valence-electron chi connectivity index (χ4n) is 3.19. The maximum Gasteiger partial charge on any atom is 0.418 e. The molecule has 0 aromatic carbocycles. The number of fused-ring (bicyclic) bond motifs is 1. The molecular weight excluding hydrogens is 334 g/mol. The Morgan fingerprint density at radius 1 is 1.31 bits per heavy atom. The summed E-state index contributed by atoms with van der Waals surface area (Å²) >= 11 is 0. The number of hydrogen-bond donors (Lipinski definition) is 1. The van der Waals surface area contributed by atoms with Gasteiger partial charge in [0.1, 0.15) is 11.6 Å². The predicted molar refractivity (Wildman–Crippen MR) is 95.5 cm³/mol. The molecule has 0 saturated carbocycles. The number of ether oxygens (including phenoxy) is 1. The van der Waals surface area contributed by atoms with E-state index in [9.17, 15) is 14.4 Å². The summed E-state index contributed by atoms with van der Waals surface area (Å²) in [4.78, 5) is 39.0. The molecule has 0 radical (unpaired) electrons. The molecular formula is C19H23N3O4. The number of rotatable bonds is 2. The molecule has 1 aromatic rings. The van der Waals surface area contributed by atoms with Gasteiger partial charge >= 0.3 is 12.1 Å². The van der Waals surface area contributed by atoms with Crippen LogP contribution in [-0.4, -0.2) is 39.5 Å². The van der Waals surface area contributed by atoms with Gasteiger partial charge in [-0.2, -0.15) is 0 Å². The molecule has 0 bridgehead atoms. The number of hydrogen-bond acceptors (Lipinski definition) is 4. The van der Waals surface area contributed by atoms with E-state index in [0.29, 0.717) is 23.5 Å². The smallest absolute Gasteiger partial charge is 0.418 e. The lowest BCUT2D eigenvalue weighted by Gasteiger charge is -2.37.